The molecule has 1 atom stereocenters. The Balaban J connectivity index is 1.67. The van der Waals surface area contributed by atoms with Crippen LogP contribution < -0.4 is 5.32 Å². The third-order valence-corrected chi connectivity index (χ3v) is 4.42. The van der Waals surface area contributed by atoms with E-state index in [1.54, 1.807) is 23.0 Å². The SMILES string of the molecule is Cn1cc(/C=C\C(=O)N[C@@H]2CCc3c(Br)cccc32)cn1. The Morgan fingerprint density at radius 2 is 2.38 bits per heavy atom. The molecule has 1 aliphatic carbocycles. The second-order valence-electron chi connectivity index (χ2n) is 5.19. The van der Waals surface area contributed by atoms with Crippen molar-refractivity contribution in [2.24, 2.45) is 7.05 Å². The number of carbonyl (C=O) groups excluding carboxylic acids is 1. The first kappa shape index (κ1) is 14.1. The first-order chi connectivity index (χ1) is 10.1. The van der Waals surface area contributed by atoms with Gasteiger partial charge in [0.25, 0.3) is 0 Å². The summed E-state index contributed by atoms with van der Waals surface area (Å²) in [6, 6.07) is 6.25. The molecule has 21 heavy (non-hydrogen) atoms. The standard InChI is InChI=1S/C16H16BrN3O/c1-20-10-11(9-18-20)5-8-16(21)19-15-7-6-12-13(15)3-2-4-14(12)17/h2-5,8-10,15H,6-7H2,1H3,(H,19,21)/b8-5-/t15-/m1/s1. The Labute approximate surface area is 132 Å². The number of aryl methyl sites for hydroxylation is 1. The number of nitrogens with zero attached hydrogens (tertiary/aromatic N) is 2. The van der Waals surface area contributed by atoms with Crippen LogP contribution in [0.4, 0.5) is 0 Å². The Morgan fingerprint density at radius 3 is 3.14 bits per heavy atom. The fourth-order valence-electron chi connectivity index (χ4n) is 2.68. The van der Waals surface area contributed by atoms with E-state index in [0.29, 0.717) is 0 Å². The minimum absolute atomic E-state index is 0.0725. The number of amides is 1. The van der Waals surface area contributed by atoms with Crippen molar-refractivity contribution in [2.45, 2.75) is 18.9 Å². The van der Waals surface area contributed by atoms with E-state index in [4.69, 9.17) is 0 Å². The summed E-state index contributed by atoms with van der Waals surface area (Å²) in [5, 5.41) is 7.13. The van der Waals surface area contributed by atoms with Gasteiger partial charge in [-0.15, -0.1) is 0 Å². The maximum atomic E-state index is 12.0. The molecule has 1 aromatic heterocycles. The molecule has 0 unspecified atom stereocenters. The zero-order valence-corrected chi connectivity index (χ0v) is 13.3. The summed E-state index contributed by atoms with van der Waals surface area (Å²) in [5.41, 5.74) is 3.44. The maximum absolute atomic E-state index is 12.0. The average molecular weight is 346 g/mol. The number of aromatic nitrogens is 2. The van der Waals surface area contributed by atoms with E-state index in [0.717, 1.165) is 22.9 Å². The summed E-state index contributed by atoms with van der Waals surface area (Å²) < 4.78 is 2.84. The monoisotopic (exact) mass is 345 g/mol. The molecule has 1 N–H and O–H groups in total. The number of fused-ring (bicyclic) bond motifs is 1. The Morgan fingerprint density at radius 1 is 1.52 bits per heavy atom. The van der Waals surface area contributed by atoms with Crippen LogP contribution in [0.2, 0.25) is 0 Å². The number of benzene rings is 1. The average Bonchev–Trinajstić information content (AvgIpc) is 3.05. The lowest BCUT2D eigenvalue weighted by Gasteiger charge is -2.12. The summed E-state index contributed by atoms with van der Waals surface area (Å²) in [7, 11) is 1.85. The topological polar surface area (TPSA) is 46.9 Å². The van der Waals surface area contributed by atoms with Crippen LogP contribution >= 0.6 is 15.9 Å². The Kier molecular flexibility index (Phi) is 3.92. The summed E-state index contributed by atoms with van der Waals surface area (Å²) in [6.07, 6.45) is 8.88. The highest BCUT2D eigenvalue weighted by atomic mass is 79.9. The summed E-state index contributed by atoms with van der Waals surface area (Å²) in [4.78, 5) is 12.0. The second-order valence-corrected chi connectivity index (χ2v) is 6.04. The lowest BCUT2D eigenvalue weighted by molar-refractivity contribution is -0.117. The summed E-state index contributed by atoms with van der Waals surface area (Å²) >= 11 is 3.57. The van der Waals surface area contributed by atoms with E-state index in [1.165, 1.54) is 11.1 Å². The predicted octanol–water partition coefficient (Wildman–Crippen LogP) is 3.00. The van der Waals surface area contributed by atoms with E-state index in [2.05, 4.69) is 32.4 Å². The molecule has 3 rings (SSSR count). The van der Waals surface area contributed by atoms with E-state index >= 15 is 0 Å². The van der Waals surface area contributed by atoms with E-state index in [1.807, 2.05) is 25.4 Å². The van der Waals surface area contributed by atoms with Gasteiger partial charge in [-0.25, -0.2) is 0 Å². The van der Waals surface area contributed by atoms with Crippen LogP contribution in [0.5, 0.6) is 0 Å². The van der Waals surface area contributed by atoms with Crippen molar-refractivity contribution >= 4 is 27.9 Å². The van der Waals surface area contributed by atoms with E-state index in [-0.39, 0.29) is 11.9 Å². The normalized spacial score (nSPS) is 17.1. The molecule has 0 saturated heterocycles. The molecular formula is C16H16BrN3O. The molecule has 1 aliphatic rings. The van der Waals surface area contributed by atoms with Crippen molar-refractivity contribution < 1.29 is 4.79 Å². The number of rotatable bonds is 3. The van der Waals surface area contributed by atoms with Gasteiger partial charge < -0.3 is 5.32 Å². The quantitative estimate of drug-likeness (QED) is 0.869. The van der Waals surface area contributed by atoms with Gasteiger partial charge in [-0.2, -0.15) is 5.10 Å². The van der Waals surface area contributed by atoms with Crippen LogP contribution in [0.15, 0.2) is 41.1 Å². The van der Waals surface area contributed by atoms with Crippen molar-refractivity contribution in [1.29, 1.82) is 0 Å². The second kappa shape index (κ2) is 5.85. The molecule has 1 heterocycles. The van der Waals surface area contributed by atoms with E-state index in [9.17, 15) is 4.79 Å². The minimum atomic E-state index is -0.0725. The molecule has 0 bridgehead atoms. The third-order valence-electron chi connectivity index (χ3n) is 3.68. The summed E-state index contributed by atoms with van der Waals surface area (Å²) in [6.45, 7) is 0. The molecule has 2 aromatic rings. The molecule has 1 amide bonds. The van der Waals surface area contributed by atoms with Gasteiger partial charge in [-0.05, 0) is 36.1 Å². The largest absolute Gasteiger partial charge is 0.346 e. The van der Waals surface area contributed by atoms with Gasteiger partial charge in [0, 0.05) is 29.4 Å². The van der Waals surface area contributed by atoms with Crippen LogP contribution in [0.1, 0.15) is 29.2 Å². The van der Waals surface area contributed by atoms with Crippen molar-refractivity contribution in [1.82, 2.24) is 15.1 Å². The van der Waals surface area contributed by atoms with Crippen molar-refractivity contribution in [2.75, 3.05) is 0 Å². The number of hydrogen-bond donors (Lipinski definition) is 1. The molecule has 108 valence electrons. The highest BCUT2D eigenvalue weighted by molar-refractivity contribution is 9.10. The van der Waals surface area contributed by atoms with Gasteiger partial charge in [0.15, 0.2) is 0 Å². The van der Waals surface area contributed by atoms with Crippen molar-refractivity contribution in [3.8, 4) is 0 Å². The zero-order valence-electron chi connectivity index (χ0n) is 11.7. The molecule has 0 radical (unpaired) electrons. The summed E-state index contributed by atoms with van der Waals surface area (Å²) in [5.74, 6) is -0.0725. The molecule has 4 nitrogen and oxygen atoms in total. The van der Waals surface area contributed by atoms with Gasteiger partial charge in [-0.3, -0.25) is 9.48 Å². The number of halogens is 1. The number of nitrogens with one attached hydrogen (secondary N) is 1. The van der Waals surface area contributed by atoms with Gasteiger partial charge in [0.2, 0.25) is 5.91 Å². The smallest absolute Gasteiger partial charge is 0.244 e. The first-order valence-electron chi connectivity index (χ1n) is 6.88. The lowest BCUT2D eigenvalue weighted by atomic mass is 10.1. The van der Waals surface area contributed by atoms with Crippen LogP contribution in [0.3, 0.4) is 0 Å². The maximum Gasteiger partial charge on any atom is 0.244 e. The Bertz CT molecular complexity index is 705. The minimum Gasteiger partial charge on any atom is -0.346 e. The molecule has 0 saturated carbocycles. The van der Waals surface area contributed by atoms with Gasteiger partial charge in [0.05, 0.1) is 12.2 Å². The number of hydrogen-bond acceptors (Lipinski definition) is 2. The highest BCUT2D eigenvalue weighted by Gasteiger charge is 2.24. The molecule has 0 aliphatic heterocycles. The van der Waals surface area contributed by atoms with Crippen LogP contribution in [0.25, 0.3) is 6.08 Å². The molecule has 0 fully saturated rings. The fourth-order valence-corrected chi connectivity index (χ4v) is 3.26. The molecule has 1 aromatic carbocycles. The zero-order chi connectivity index (χ0) is 14.8. The molecule has 0 spiro atoms. The number of carbonyl (C=O) groups is 1. The predicted molar refractivity (Wildman–Crippen MR) is 85.6 cm³/mol. The van der Waals surface area contributed by atoms with Crippen LogP contribution in [0, 0.1) is 0 Å². The Hall–Kier alpha value is -1.88. The first-order valence-corrected chi connectivity index (χ1v) is 7.67. The third kappa shape index (κ3) is 3.08. The fraction of sp³-hybridized carbons (Fsp3) is 0.250. The molecular weight excluding hydrogens is 330 g/mol. The van der Waals surface area contributed by atoms with Crippen molar-refractivity contribution in [3.63, 3.8) is 0 Å². The van der Waals surface area contributed by atoms with Gasteiger partial charge in [-0.1, -0.05) is 28.1 Å². The van der Waals surface area contributed by atoms with Crippen molar-refractivity contribution in [3.05, 3.63) is 57.8 Å². The lowest BCUT2D eigenvalue weighted by Crippen LogP contribution is -2.25. The highest BCUT2D eigenvalue weighted by Crippen LogP contribution is 2.35. The van der Waals surface area contributed by atoms with E-state index < -0.39 is 0 Å². The van der Waals surface area contributed by atoms with Gasteiger partial charge >= 0.3 is 0 Å². The van der Waals surface area contributed by atoms with Crippen LogP contribution in [-0.4, -0.2) is 15.7 Å². The van der Waals surface area contributed by atoms with Gasteiger partial charge in [0.1, 0.15) is 0 Å². The molecule has 5 heteroatoms. The van der Waals surface area contributed by atoms with Crippen LogP contribution in [-0.2, 0) is 18.3 Å².